The minimum Gasteiger partial charge on any atom is -0.326 e. The third-order valence-corrected chi connectivity index (χ3v) is 1.73. The third kappa shape index (κ3) is 1.95. The summed E-state index contributed by atoms with van der Waals surface area (Å²) in [5, 5.41) is 0. The Bertz CT molecular complexity index is 181. The van der Waals surface area contributed by atoms with Gasteiger partial charge in [0.2, 0.25) is 0 Å². The van der Waals surface area contributed by atoms with E-state index in [0.29, 0.717) is 6.54 Å². The van der Waals surface area contributed by atoms with E-state index >= 15 is 0 Å². The molecule has 1 aromatic rings. The van der Waals surface area contributed by atoms with E-state index in [9.17, 15) is 0 Å². The molecule has 2 N–H and O–H groups in total. The van der Waals surface area contributed by atoms with Crippen LogP contribution in [-0.2, 0) is 6.54 Å². The van der Waals surface area contributed by atoms with Gasteiger partial charge in [-0.3, -0.25) is 0 Å². The first-order chi connectivity index (χ1) is 4.33. The van der Waals surface area contributed by atoms with Gasteiger partial charge in [0.15, 0.2) is 0 Å². The average Bonchev–Trinajstić information content (AvgIpc) is 1.90. The fraction of sp³-hybridized carbons (Fsp3) is 0.143. The van der Waals surface area contributed by atoms with Crippen LogP contribution < -0.4 is 5.73 Å². The molecule has 0 aliphatic rings. The van der Waals surface area contributed by atoms with Crippen LogP contribution in [0, 0.1) is 9.64 Å². The summed E-state index contributed by atoms with van der Waals surface area (Å²) in [7, 11) is 0. The standard InChI is InChI=1S/C7H7IN/c8-7-3-1-6(5-9)2-4-7/h1,3-4H,5,9H2. The number of halogens is 1. The zero-order valence-corrected chi connectivity index (χ0v) is 7.05. The minimum atomic E-state index is 0.580. The topological polar surface area (TPSA) is 26.0 Å². The van der Waals surface area contributed by atoms with E-state index in [-0.39, 0.29) is 0 Å². The predicted molar refractivity (Wildman–Crippen MR) is 45.9 cm³/mol. The lowest BCUT2D eigenvalue weighted by Crippen LogP contribution is -1.95. The zero-order chi connectivity index (χ0) is 6.69. The molecule has 0 heterocycles. The molecule has 0 unspecified atom stereocenters. The highest BCUT2D eigenvalue weighted by atomic mass is 127. The highest BCUT2D eigenvalue weighted by Gasteiger charge is 1.86. The first-order valence-corrected chi connectivity index (χ1v) is 3.77. The normalized spacial score (nSPS) is 9.56. The minimum absolute atomic E-state index is 0.580. The molecule has 1 aromatic carbocycles. The molecular formula is C7H7IN. The molecule has 0 aliphatic carbocycles. The summed E-state index contributed by atoms with van der Waals surface area (Å²) < 4.78 is 1.20. The van der Waals surface area contributed by atoms with Crippen LogP contribution in [0.5, 0.6) is 0 Å². The summed E-state index contributed by atoms with van der Waals surface area (Å²) in [6.07, 6.45) is 0. The zero-order valence-electron chi connectivity index (χ0n) is 4.89. The predicted octanol–water partition coefficient (Wildman–Crippen LogP) is 1.55. The number of hydrogen-bond donors (Lipinski definition) is 1. The molecule has 0 bridgehead atoms. The van der Waals surface area contributed by atoms with Gasteiger partial charge in [-0.15, -0.1) is 0 Å². The Labute approximate surface area is 68.4 Å². The van der Waals surface area contributed by atoms with E-state index in [1.807, 2.05) is 18.2 Å². The van der Waals surface area contributed by atoms with Crippen molar-refractivity contribution in [2.45, 2.75) is 6.54 Å². The maximum atomic E-state index is 5.37. The van der Waals surface area contributed by atoms with E-state index in [1.54, 1.807) is 0 Å². The van der Waals surface area contributed by atoms with Gasteiger partial charge in [0.25, 0.3) is 0 Å². The van der Waals surface area contributed by atoms with Gasteiger partial charge in [-0.25, -0.2) is 0 Å². The molecule has 1 rings (SSSR count). The van der Waals surface area contributed by atoms with Crippen molar-refractivity contribution < 1.29 is 0 Å². The molecule has 0 spiro atoms. The number of nitrogens with two attached hydrogens (primary N) is 1. The van der Waals surface area contributed by atoms with Crippen LogP contribution in [-0.4, -0.2) is 0 Å². The second-order valence-corrected chi connectivity index (χ2v) is 2.98. The van der Waals surface area contributed by atoms with E-state index in [1.165, 1.54) is 3.57 Å². The Morgan fingerprint density at radius 2 is 2.33 bits per heavy atom. The first kappa shape index (κ1) is 7.02. The van der Waals surface area contributed by atoms with Crippen molar-refractivity contribution in [2.75, 3.05) is 0 Å². The molecule has 0 atom stereocenters. The van der Waals surface area contributed by atoms with Crippen molar-refractivity contribution in [2.24, 2.45) is 5.73 Å². The van der Waals surface area contributed by atoms with E-state index < -0.39 is 0 Å². The van der Waals surface area contributed by atoms with Crippen LogP contribution in [0.2, 0.25) is 0 Å². The van der Waals surface area contributed by atoms with Crippen LogP contribution in [0.1, 0.15) is 5.56 Å². The quantitative estimate of drug-likeness (QED) is 0.730. The van der Waals surface area contributed by atoms with Gasteiger partial charge in [-0.2, -0.15) is 0 Å². The lowest BCUT2D eigenvalue weighted by Gasteiger charge is -1.92. The van der Waals surface area contributed by atoms with Crippen molar-refractivity contribution in [1.82, 2.24) is 0 Å². The SMILES string of the molecule is NCc1[c]cc(I)cc1. The molecule has 0 saturated heterocycles. The van der Waals surface area contributed by atoms with Gasteiger partial charge in [0, 0.05) is 10.1 Å². The monoisotopic (exact) mass is 232 g/mol. The molecule has 1 nitrogen and oxygen atoms in total. The van der Waals surface area contributed by atoms with Crippen LogP contribution in [0.4, 0.5) is 0 Å². The van der Waals surface area contributed by atoms with Crippen LogP contribution in [0.25, 0.3) is 0 Å². The molecule has 0 saturated carbocycles. The Morgan fingerprint density at radius 3 is 2.78 bits per heavy atom. The number of benzene rings is 1. The molecule has 2 heteroatoms. The maximum absolute atomic E-state index is 5.37. The van der Waals surface area contributed by atoms with Gasteiger partial charge < -0.3 is 5.73 Å². The fourth-order valence-electron chi connectivity index (χ4n) is 0.565. The molecule has 0 amide bonds. The van der Waals surface area contributed by atoms with Crippen LogP contribution in [0.15, 0.2) is 18.2 Å². The maximum Gasteiger partial charge on any atom is 0.0184 e. The second-order valence-electron chi connectivity index (χ2n) is 1.74. The Balaban J connectivity index is 2.88. The summed E-state index contributed by atoms with van der Waals surface area (Å²) in [6, 6.07) is 9.00. The van der Waals surface area contributed by atoms with E-state index in [4.69, 9.17) is 5.73 Å². The van der Waals surface area contributed by atoms with Gasteiger partial charge in [0.05, 0.1) is 0 Å². The molecular weight excluding hydrogens is 225 g/mol. The van der Waals surface area contributed by atoms with E-state index in [0.717, 1.165) is 5.56 Å². The third-order valence-electron chi connectivity index (χ3n) is 1.06. The molecule has 47 valence electrons. The number of hydrogen-bond acceptors (Lipinski definition) is 1. The summed E-state index contributed by atoms with van der Waals surface area (Å²) in [6.45, 7) is 0.580. The average molecular weight is 232 g/mol. The molecule has 0 aliphatic heterocycles. The fourth-order valence-corrected chi connectivity index (χ4v) is 0.901. The summed E-state index contributed by atoms with van der Waals surface area (Å²) in [4.78, 5) is 0. The molecule has 0 fully saturated rings. The summed E-state index contributed by atoms with van der Waals surface area (Å²) in [5.41, 5.74) is 6.43. The van der Waals surface area contributed by atoms with Crippen molar-refractivity contribution in [3.05, 3.63) is 33.4 Å². The summed E-state index contributed by atoms with van der Waals surface area (Å²) >= 11 is 2.24. The van der Waals surface area contributed by atoms with Crippen LogP contribution in [0.3, 0.4) is 0 Å². The van der Waals surface area contributed by atoms with E-state index in [2.05, 4.69) is 28.7 Å². The number of rotatable bonds is 1. The largest absolute Gasteiger partial charge is 0.326 e. The second kappa shape index (κ2) is 3.17. The van der Waals surface area contributed by atoms with Gasteiger partial charge in [0.1, 0.15) is 0 Å². The molecule has 9 heavy (non-hydrogen) atoms. The first-order valence-electron chi connectivity index (χ1n) is 2.69. The van der Waals surface area contributed by atoms with Crippen molar-refractivity contribution in [3.63, 3.8) is 0 Å². The molecule has 1 radical (unpaired) electrons. The van der Waals surface area contributed by atoms with Gasteiger partial charge in [-0.1, -0.05) is 6.07 Å². The smallest absolute Gasteiger partial charge is 0.0184 e. The van der Waals surface area contributed by atoms with Crippen LogP contribution >= 0.6 is 22.6 Å². The highest BCUT2D eigenvalue weighted by molar-refractivity contribution is 14.1. The highest BCUT2D eigenvalue weighted by Crippen LogP contribution is 2.04. The lowest BCUT2D eigenvalue weighted by atomic mass is 10.2. The lowest BCUT2D eigenvalue weighted by molar-refractivity contribution is 1.07. The van der Waals surface area contributed by atoms with Crippen molar-refractivity contribution in [3.8, 4) is 0 Å². The Kier molecular flexibility index (Phi) is 2.48. The van der Waals surface area contributed by atoms with Crippen molar-refractivity contribution >= 4 is 22.6 Å². The summed E-state index contributed by atoms with van der Waals surface area (Å²) in [5.74, 6) is 0. The van der Waals surface area contributed by atoms with Gasteiger partial charge >= 0.3 is 0 Å². The molecule has 0 aromatic heterocycles. The Hall–Kier alpha value is -0.0900. The Morgan fingerprint density at radius 1 is 1.56 bits per heavy atom. The van der Waals surface area contributed by atoms with Gasteiger partial charge in [-0.05, 0) is 46.4 Å². The van der Waals surface area contributed by atoms with Crippen molar-refractivity contribution in [1.29, 1.82) is 0 Å².